The molecule has 1 unspecified atom stereocenters. The lowest BCUT2D eigenvalue weighted by Crippen LogP contribution is -2.39. The van der Waals surface area contributed by atoms with Crippen LogP contribution in [0.3, 0.4) is 0 Å². The van der Waals surface area contributed by atoms with Crippen molar-refractivity contribution in [2.75, 3.05) is 11.9 Å². The summed E-state index contributed by atoms with van der Waals surface area (Å²) in [6.45, 7) is 10.9. The second-order valence-corrected chi connectivity index (χ2v) is 6.02. The summed E-state index contributed by atoms with van der Waals surface area (Å²) < 4.78 is 0. The van der Waals surface area contributed by atoms with Crippen LogP contribution in [0.25, 0.3) is 0 Å². The fourth-order valence-electron chi connectivity index (χ4n) is 1.82. The van der Waals surface area contributed by atoms with Gasteiger partial charge in [-0.1, -0.05) is 27.7 Å². The molecule has 0 saturated carbocycles. The zero-order valence-corrected chi connectivity index (χ0v) is 12.4. The zero-order valence-electron chi connectivity index (χ0n) is 12.4. The van der Waals surface area contributed by atoms with E-state index in [1.165, 1.54) is 0 Å². The van der Waals surface area contributed by atoms with Crippen molar-refractivity contribution >= 4 is 5.69 Å². The number of aromatic nitrogens is 1. The first-order valence-corrected chi connectivity index (χ1v) is 6.64. The van der Waals surface area contributed by atoms with Crippen molar-refractivity contribution in [3.8, 4) is 0 Å². The molecule has 1 heterocycles. The van der Waals surface area contributed by atoms with Gasteiger partial charge in [-0.3, -0.25) is 4.98 Å². The Morgan fingerprint density at radius 1 is 1.33 bits per heavy atom. The van der Waals surface area contributed by atoms with E-state index >= 15 is 0 Å². The van der Waals surface area contributed by atoms with Crippen LogP contribution in [0.2, 0.25) is 0 Å². The molecule has 0 aliphatic heterocycles. The van der Waals surface area contributed by atoms with Gasteiger partial charge < -0.3 is 10.0 Å². The van der Waals surface area contributed by atoms with Gasteiger partial charge in [0.25, 0.3) is 0 Å². The first-order chi connectivity index (χ1) is 8.27. The number of aliphatic hydroxyl groups excluding tert-OH is 1. The van der Waals surface area contributed by atoms with Crippen molar-refractivity contribution in [3.63, 3.8) is 0 Å². The zero-order chi connectivity index (χ0) is 13.9. The molecule has 102 valence electrons. The van der Waals surface area contributed by atoms with Gasteiger partial charge in [-0.2, -0.15) is 0 Å². The average Bonchev–Trinajstić information content (AvgIpc) is 2.35. The molecule has 0 bridgehead atoms. The van der Waals surface area contributed by atoms with E-state index in [0.29, 0.717) is 12.5 Å². The Labute approximate surface area is 111 Å². The van der Waals surface area contributed by atoms with Crippen molar-refractivity contribution in [1.29, 1.82) is 0 Å². The fourth-order valence-corrected chi connectivity index (χ4v) is 1.82. The Morgan fingerprint density at radius 2 is 1.94 bits per heavy atom. The van der Waals surface area contributed by atoms with Gasteiger partial charge in [0.15, 0.2) is 0 Å². The molecule has 0 aliphatic rings. The van der Waals surface area contributed by atoms with Gasteiger partial charge in [-0.25, -0.2) is 0 Å². The number of pyridine rings is 1. The second-order valence-electron chi connectivity index (χ2n) is 6.02. The molecule has 1 aromatic rings. The van der Waals surface area contributed by atoms with Gasteiger partial charge in [-0.05, 0) is 30.9 Å². The Kier molecular flexibility index (Phi) is 4.74. The highest BCUT2D eigenvalue weighted by Gasteiger charge is 2.24. The minimum Gasteiger partial charge on any atom is -0.387 e. The summed E-state index contributed by atoms with van der Waals surface area (Å²) >= 11 is 0. The average molecular weight is 250 g/mol. The Bertz CT molecular complexity index is 367. The van der Waals surface area contributed by atoms with Crippen LogP contribution in [0, 0.1) is 5.41 Å². The fraction of sp³-hybridized carbons (Fsp3) is 0.667. The molecule has 3 heteroatoms. The summed E-state index contributed by atoms with van der Waals surface area (Å²) in [6.07, 6.45) is 2.08. The maximum Gasteiger partial charge on any atom is 0.0957 e. The van der Waals surface area contributed by atoms with Crippen LogP contribution in [0.4, 0.5) is 5.69 Å². The first kappa shape index (κ1) is 15.0. The smallest absolute Gasteiger partial charge is 0.0957 e. The number of hydrogen-bond donors (Lipinski definition) is 1. The van der Waals surface area contributed by atoms with Gasteiger partial charge in [0.2, 0.25) is 0 Å². The highest BCUT2D eigenvalue weighted by atomic mass is 16.3. The normalized spacial score (nSPS) is 15.3. The third-order valence-corrected chi connectivity index (χ3v) is 3.74. The van der Waals surface area contributed by atoms with Gasteiger partial charge in [0.1, 0.15) is 0 Å². The standard InChI is InChI=1S/C15H26N2O/c1-7-14(18)13-9-8-12(10-16-13)17(6)11(2)15(3,4)5/h8-11,14,18H,7H2,1-6H3/t11?,14-/m1/s1. The molecule has 1 N–H and O–H groups in total. The Morgan fingerprint density at radius 3 is 2.33 bits per heavy atom. The quantitative estimate of drug-likeness (QED) is 0.889. The molecule has 0 saturated heterocycles. The molecule has 0 amide bonds. The molecule has 0 aliphatic carbocycles. The van der Waals surface area contributed by atoms with Crippen molar-refractivity contribution in [2.45, 2.75) is 53.2 Å². The van der Waals surface area contributed by atoms with Crippen molar-refractivity contribution < 1.29 is 5.11 Å². The lowest BCUT2D eigenvalue weighted by molar-refractivity contribution is 0.169. The molecule has 0 aromatic carbocycles. The van der Waals surface area contributed by atoms with Crippen LogP contribution in [-0.4, -0.2) is 23.2 Å². The second kappa shape index (κ2) is 5.70. The van der Waals surface area contributed by atoms with Crippen LogP contribution in [0.15, 0.2) is 18.3 Å². The highest BCUT2D eigenvalue weighted by molar-refractivity contribution is 5.45. The third kappa shape index (κ3) is 3.45. The van der Waals surface area contributed by atoms with E-state index in [9.17, 15) is 5.11 Å². The predicted molar refractivity (Wildman–Crippen MR) is 76.8 cm³/mol. The van der Waals surface area contributed by atoms with Crippen LogP contribution < -0.4 is 4.90 Å². The SMILES string of the molecule is CC[C@@H](O)c1ccc(N(C)C(C)C(C)(C)C)cn1. The molecule has 18 heavy (non-hydrogen) atoms. The molecule has 0 fully saturated rings. The van der Waals surface area contributed by atoms with E-state index in [2.05, 4.69) is 44.6 Å². The number of hydrogen-bond acceptors (Lipinski definition) is 3. The number of nitrogens with zero attached hydrogens (tertiary/aromatic N) is 2. The number of rotatable bonds is 4. The van der Waals surface area contributed by atoms with Crippen molar-refractivity contribution in [3.05, 3.63) is 24.0 Å². The molecule has 3 nitrogen and oxygen atoms in total. The first-order valence-electron chi connectivity index (χ1n) is 6.64. The van der Waals surface area contributed by atoms with E-state index < -0.39 is 6.10 Å². The molecule has 1 aromatic heterocycles. The minimum absolute atomic E-state index is 0.219. The van der Waals surface area contributed by atoms with E-state index in [4.69, 9.17) is 0 Å². The molecule has 2 atom stereocenters. The summed E-state index contributed by atoms with van der Waals surface area (Å²) in [4.78, 5) is 6.57. The van der Waals surface area contributed by atoms with E-state index in [1.54, 1.807) is 0 Å². The summed E-state index contributed by atoms with van der Waals surface area (Å²) in [5, 5.41) is 9.72. The minimum atomic E-state index is -0.454. The van der Waals surface area contributed by atoms with Crippen LogP contribution in [0.1, 0.15) is 52.8 Å². The lowest BCUT2D eigenvalue weighted by atomic mass is 9.87. The van der Waals surface area contributed by atoms with Crippen LogP contribution in [0.5, 0.6) is 0 Å². The molecule has 1 rings (SSSR count). The maximum absolute atomic E-state index is 9.72. The molecular formula is C15H26N2O. The highest BCUT2D eigenvalue weighted by Crippen LogP contribution is 2.27. The monoisotopic (exact) mass is 250 g/mol. The molecule has 0 radical (unpaired) electrons. The largest absolute Gasteiger partial charge is 0.387 e. The topological polar surface area (TPSA) is 36.4 Å². The van der Waals surface area contributed by atoms with Crippen molar-refractivity contribution in [1.82, 2.24) is 4.98 Å². The number of aliphatic hydroxyl groups is 1. The summed E-state index contributed by atoms with van der Waals surface area (Å²) in [7, 11) is 2.09. The Hall–Kier alpha value is -1.09. The van der Waals surface area contributed by atoms with Crippen molar-refractivity contribution in [2.24, 2.45) is 5.41 Å². The molecule has 0 spiro atoms. The predicted octanol–water partition coefficient (Wildman–Crippen LogP) is 3.40. The van der Waals surface area contributed by atoms with E-state index in [-0.39, 0.29) is 5.41 Å². The summed E-state index contributed by atoms with van der Waals surface area (Å²) in [5.41, 5.74) is 2.05. The van der Waals surface area contributed by atoms with Gasteiger partial charge in [0, 0.05) is 13.1 Å². The van der Waals surface area contributed by atoms with Gasteiger partial charge >= 0.3 is 0 Å². The molecular weight excluding hydrogens is 224 g/mol. The Balaban J connectivity index is 2.85. The maximum atomic E-state index is 9.72. The van der Waals surface area contributed by atoms with Gasteiger partial charge in [-0.15, -0.1) is 0 Å². The number of anilines is 1. The van der Waals surface area contributed by atoms with E-state index in [1.807, 2.05) is 25.3 Å². The van der Waals surface area contributed by atoms with Gasteiger partial charge in [0.05, 0.1) is 23.7 Å². The third-order valence-electron chi connectivity index (χ3n) is 3.74. The van der Waals surface area contributed by atoms with E-state index in [0.717, 1.165) is 11.4 Å². The van der Waals surface area contributed by atoms with Crippen LogP contribution >= 0.6 is 0 Å². The van der Waals surface area contributed by atoms with Crippen LogP contribution in [-0.2, 0) is 0 Å². The summed E-state index contributed by atoms with van der Waals surface area (Å²) in [6, 6.07) is 4.36. The summed E-state index contributed by atoms with van der Waals surface area (Å²) in [5.74, 6) is 0. The lowest BCUT2D eigenvalue weighted by Gasteiger charge is -2.36.